The zero-order valence-corrected chi connectivity index (χ0v) is 16.4. The average molecular weight is 369 g/mol. The number of fused-ring (bicyclic) bond motifs is 1. The van der Waals surface area contributed by atoms with Crippen molar-refractivity contribution in [1.29, 1.82) is 0 Å². The number of hydrazone groups is 1. The topological polar surface area (TPSA) is 59.3 Å². The Kier molecular flexibility index (Phi) is 5.52. The number of para-hydroxylation sites is 1. The van der Waals surface area contributed by atoms with Crippen LogP contribution in [0.5, 0.6) is 0 Å². The van der Waals surface area contributed by atoms with Gasteiger partial charge in [-0.05, 0) is 50.8 Å². The summed E-state index contributed by atoms with van der Waals surface area (Å²) in [6, 6.07) is 11.9. The summed E-state index contributed by atoms with van der Waals surface area (Å²) >= 11 is 1.44. The van der Waals surface area contributed by atoms with Crippen molar-refractivity contribution in [1.82, 2.24) is 15.2 Å². The van der Waals surface area contributed by atoms with Crippen LogP contribution in [0.25, 0.3) is 15.9 Å². The lowest BCUT2D eigenvalue weighted by Crippen LogP contribution is -2.18. The van der Waals surface area contributed by atoms with Gasteiger partial charge in [0, 0.05) is 11.1 Å². The van der Waals surface area contributed by atoms with Crippen molar-refractivity contribution in [2.45, 2.75) is 40.5 Å². The Hall–Kier alpha value is -2.47. The van der Waals surface area contributed by atoms with E-state index in [2.05, 4.69) is 29.5 Å². The second-order valence-electron chi connectivity index (χ2n) is 6.88. The molecule has 0 aliphatic carbocycles. The Labute approximate surface area is 157 Å². The average Bonchev–Trinajstić information content (AvgIpc) is 3.19. The molecule has 1 N–H and O–H groups in total. The smallest absolute Gasteiger partial charge is 0.266 e. The highest BCUT2D eigenvalue weighted by Gasteiger charge is 2.17. The summed E-state index contributed by atoms with van der Waals surface area (Å²) in [5, 5.41) is 9.84. The molecule has 0 aliphatic rings. The van der Waals surface area contributed by atoms with Crippen LogP contribution in [0, 0.1) is 12.8 Å². The van der Waals surface area contributed by atoms with Gasteiger partial charge in [0.15, 0.2) is 0 Å². The maximum atomic E-state index is 12.5. The molecule has 0 atom stereocenters. The Bertz CT molecular complexity index is 938. The van der Waals surface area contributed by atoms with Crippen LogP contribution in [-0.4, -0.2) is 21.4 Å². The van der Waals surface area contributed by atoms with E-state index < -0.39 is 0 Å². The maximum Gasteiger partial charge on any atom is 0.281 e. The van der Waals surface area contributed by atoms with Gasteiger partial charge in [0.2, 0.25) is 0 Å². The fourth-order valence-corrected chi connectivity index (χ4v) is 3.73. The van der Waals surface area contributed by atoms with Crippen LogP contribution in [0.3, 0.4) is 0 Å². The monoisotopic (exact) mass is 368 g/mol. The fourth-order valence-electron chi connectivity index (χ4n) is 2.66. The van der Waals surface area contributed by atoms with Gasteiger partial charge >= 0.3 is 0 Å². The summed E-state index contributed by atoms with van der Waals surface area (Å²) < 4.78 is 1.89. The second kappa shape index (κ2) is 7.83. The molecule has 3 rings (SSSR count). The van der Waals surface area contributed by atoms with Gasteiger partial charge in [-0.25, -0.2) is 10.1 Å². The SMILES string of the molecule is C/C(CCC(C)C)=N/NC(=O)c1cc2c(C)nn(-c3ccccc3)c2s1. The van der Waals surface area contributed by atoms with Crippen LogP contribution < -0.4 is 5.43 Å². The van der Waals surface area contributed by atoms with E-state index in [0.29, 0.717) is 10.8 Å². The summed E-state index contributed by atoms with van der Waals surface area (Å²) in [5.41, 5.74) is 5.53. The van der Waals surface area contributed by atoms with Gasteiger partial charge < -0.3 is 0 Å². The van der Waals surface area contributed by atoms with E-state index in [1.165, 1.54) is 11.3 Å². The van der Waals surface area contributed by atoms with Crippen molar-refractivity contribution < 1.29 is 4.79 Å². The van der Waals surface area contributed by atoms with Gasteiger partial charge in [-0.15, -0.1) is 11.3 Å². The number of carbonyl (C=O) groups is 1. The molecule has 0 aliphatic heterocycles. The third-order valence-electron chi connectivity index (χ3n) is 4.20. The summed E-state index contributed by atoms with van der Waals surface area (Å²) in [7, 11) is 0. The fraction of sp³-hybridized carbons (Fsp3) is 0.350. The summed E-state index contributed by atoms with van der Waals surface area (Å²) in [4.78, 5) is 14.1. The number of benzene rings is 1. The number of carbonyl (C=O) groups excluding carboxylic acids is 1. The molecule has 6 heteroatoms. The van der Waals surface area contributed by atoms with Crippen LogP contribution in [0.15, 0.2) is 41.5 Å². The molecule has 1 aromatic carbocycles. The molecule has 0 fully saturated rings. The quantitative estimate of drug-likeness (QED) is 0.495. The predicted octanol–water partition coefficient (Wildman–Crippen LogP) is 4.94. The molecule has 1 amide bonds. The first-order valence-electron chi connectivity index (χ1n) is 8.83. The highest BCUT2D eigenvalue weighted by atomic mass is 32.1. The molecular weight excluding hydrogens is 344 g/mol. The minimum Gasteiger partial charge on any atom is -0.266 e. The lowest BCUT2D eigenvalue weighted by Gasteiger charge is -2.04. The van der Waals surface area contributed by atoms with Gasteiger partial charge in [0.05, 0.1) is 16.3 Å². The standard InChI is InChI=1S/C20H24N4OS/c1-13(2)10-11-14(3)21-22-19(25)18-12-17-15(4)23-24(20(17)26-18)16-8-6-5-7-9-16/h5-9,12-13H,10-11H2,1-4H3,(H,22,25)/b21-14-. The number of nitrogens with zero attached hydrogens (tertiary/aromatic N) is 3. The van der Waals surface area contributed by atoms with Crippen molar-refractivity contribution in [2.24, 2.45) is 11.0 Å². The predicted molar refractivity (Wildman–Crippen MR) is 108 cm³/mol. The van der Waals surface area contributed by atoms with Crippen molar-refractivity contribution in [3.63, 3.8) is 0 Å². The third-order valence-corrected chi connectivity index (χ3v) is 5.31. The number of aryl methyl sites for hydroxylation is 1. The normalized spacial score (nSPS) is 12.1. The zero-order valence-electron chi connectivity index (χ0n) is 15.6. The highest BCUT2D eigenvalue weighted by molar-refractivity contribution is 7.20. The van der Waals surface area contributed by atoms with Gasteiger partial charge in [0.1, 0.15) is 4.83 Å². The zero-order chi connectivity index (χ0) is 18.7. The first kappa shape index (κ1) is 18.3. The van der Waals surface area contributed by atoms with E-state index in [1.807, 2.05) is 54.9 Å². The number of amides is 1. The summed E-state index contributed by atoms with van der Waals surface area (Å²) in [6.07, 6.45) is 1.96. The van der Waals surface area contributed by atoms with Crippen LogP contribution in [-0.2, 0) is 0 Å². The number of nitrogens with one attached hydrogen (secondary N) is 1. The van der Waals surface area contributed by atoms with Gasteiger partial charge in [-0.2, -0.15) is 10.2 Å². The van der Waals surface area contributed by atoms with Crippen molar-refractivity contribution in [3.8, 4) is 5.69 Å². The van der Waals surface area contributed by atoms with E-state index in [0.717, 1.165) is 40.2 Å². The Morgan fingerprint density at radius 2 is 2.04 bits per heavy atom. The molecule has 5 nitrogen and oxygen atoms in total. The van der Waals surface area contributed by atoms with Crippen molar-refractivity contribution in [3.05, 3.63) is 47.0 Å². The lowest BCUT2D eigenvalue weighted by molar-refractivity contribution is 0.0959. The Morgan fingerprint density at radius 3 is 2.73 bits per heavy atom. The molecule has 0 saturated carbocycles. The molecular formula is C20H24N4OS. The largest absolute Gasteiger partial charge is 0.281 e. The first-order valence-corrected chi connectivity index (χ1v) is 9.65. The van der Waals surface area contributed by atoms with E-state index in [-0.39, 0.29) is 5.91 Å². The van der Waals surface area contributed by atoms with Crippen LogP contribution in [0.1, 0.15) is 49.0 Å². The number of hydrogen-bond acceptors (Lipinski definition) is 4. The molecule has 0 spiro atoms. The van der Waals surface area contributed by atoms with Gasteiger partial charge in [-0.3, -0.25) is 4.79 Å². The van der Waals surface area contributed by atoms with E-state index in [9.17, 15) is 4.79 Å². The molecule has 0 bridgehead atoms. The molecule has 2 aromatic heterocycles. The molecule has 0 radical (unpaired) electrons. The molecule has 26 heavy (non-hydrogen) atoms. The minimum atomic E-state index is -0.172. The molecule has 136 valence electrons. The number of hydrogen-bond donors (Lipinski definition) is 1. The maximum absolute atomic E-state index is 12.5. The van der Waals surface area contributed by atoms with E-state index >= 15 is 0 Å². The Morgan fingerprint density at radius 1 is 1.31 bits per heavy atom. The van der Waals surface area contributed by atoms with Crippen LogP contribution >= 0.6 is 11.3 Å². The van der Waals surface area contributed by atoms with Crippen LogP contribution in [0.4, 0.5) is 0 Å². The Balaban J connectivity index is 1.81. The lowest BCUT2D eigenvalue weighted by atomic mass is 10.1. The summed E-state index contributed by atoms with van der Waals surface area (Å²) in [5.74, 6) is 0.455. The summed E-state index contributed by atoms with van der Waals surface area (Å²) in [6.45, 7) is 8.28. The van der Waals surface area contributed by atoms with Crippen molar-refractivity contribution >= 4 is 33.2 Å². The van der Waals surface area contributed by atoms with E-state index in [1.54, 1.807) is 0 Å². The van der Waals surface area contributed by atoms with E-state index in [4.69, 9.17) is 0 Å². The van der Waals surface area contributed by atoms with Crippen molar-refractivity contribution in [2.75, 3.05) is 0 Å². The van der Waals surface area contributed by atoms with Crippen LogP contribution in [0.2, 0.25) is 0 Å². The molecule has 3 aromatic rings. The van der Waals surface area contributed by atoms with Gasteiger partial charge in [-0.1, -0.05) is 32.0 Å². The first-order chi connectivity index (χ1) is 12.5. The second-order valence-corrected chi connectivity index (χ2v) is 7.91. The molecule has 0 saturated heterocycles. The van der Waals surface area contributed by atoms with Gasteiger partial charge in [0.25, 0.3) is 5.91 Å². The number of aromatic nitrogens is 2. The third kappa shape index (κ3) is 4.02. The number of rotatable bonds is 6. The molecule has 0 unspecified atom stereocenters. The highest BCUT2D eigenvalue weighted by Crippen LogP contribution is 2.30. The number of thiophene rings is 1. The minimum absolute atomic E-state index is 0.172. The molecule has 2 heterocycles.